The van der Waals surface area contributed by atoms with Gasteiger partial charge in [-0.1, -0.05) is 36.4 Å². The van der Waals surface area contributed by atoms with E-state index >= 15 is 0 Å². The van der Waals surface area contributed by atoms with Crippen LogP contribution in [0.2, 0.25) is 0 Å². The molecule has 5 rings (SSSR count). The monoisotopic (exact) mass is 446 g/mol. The molecular weight excluding hydrogens is 426 g/mol. The topological polar surface area (TPSA) is 49.9 Å². The molecule has 0 unspecified atom stereocenters. The molecule has 0 saturated heterocycles. The lowest BCUT2D eigenvalue weighted by molar-refractivity contribution is -0.120. The number of hydrogen-bond acceptors (Lipinski definition) is 4. The van der Waals surface area contributed by atoms with Crippen molar-refractivity contribution in [2.75, 3.05) is 18.6 Å². The molecule has 0 atom stereocenters. The quantitative estimate of drug-likeness (QED) is 0.561. The highest BCUT2D eigenvalue weighted by Crippen LogP contribution is 2.38. The number of carbonyl (C=O) groups excluding carboxylic acids is 2. The SMILES string of the molecule is COc1ccc(C2=C(N3CCc4ccccc4C3)C(=O)N(c3cc(F)ccc3F)C2=O)cc1. The molecule has 5 nitrogen and oxygen atoms in total. The van der Waals surface area contributed by atoms with E-state index in [-0.39, 0.29) is 11.3 Å². The van der Waals surface area contributed by atoms with Crippen molar-refractivity contribution in [1.82, 2.24) is 4.90 Å². The van der Waals surface area contributed by atoms with Crippen molar-refractivity contribution < 1.29 is 23.1 Å². The molecule has 3 aromatic carbocycles. The molecular formula is C26H20F2N2O3. The first-order valence-electron chi connectivity index (χ1n) is 10.5. The Morgan fingerprint density at radius 1 is 0.879 bits per heavy atom. The highest BCUT2D eigenvalue weighted by Gasteiger charge is 2.44. The molecule has 0 N–H and O–H groups in total. The fourth-order valence-electron chi connectivity index (χ4n) is 4.39. The number of benzene rings is 3. The first-order valence-corrected chi connectivity index (χ1v) is 10.5. The minimum Gasteiger partial charge on any atom is -0.497 e. The second kappa shape index (κ2) is 8.16. The summed E-state index contributed by atoms with van der Waals surface area (Å²) < 4.78 is 33.7. The second-order valence-corrected chi connectivity index (χ2v) is 7.93. The average Bonchev–Trinajstić information content (AvgIpc) is 3.10. The molecule has 0 aliphatic carbocycles. The van der Waals surface area contributed by atoms with Gasteiger partial charge in [-0.15, -0.1) is 0 Å². The van der Waals surface area contributed by atoms with Gasteiger partial charge in [0.2, 0.25) is 0 Å². The van der Waals surface area contributed by atoms with Gasteiger partial charge in [0.1, 0.15) is 23.1 Å². The molecule has 0 bridgehead atoms. The zero-order chi connectivity index (χ0) is 23.1. The molecule has 33 heavy (non-hydrogen) atoms. The minimum absolute atomic E-state index is 0.158. The predicted molar refractivity (Wildman–Crippen MR) is 119 cm³/mol. The van der Waals surface area contributed by atoms with Crippen molar-refractivity contribution in [3.63, 3.8) is 0 Å². The maximum absolute atomic E-state index is 14.6. The summed E-state index contributed by atoms with van der Waals surface area (Å²) in [7, 11) is 1.53. The van der Waals surface area contributed by atoms with Gasteiger partial charge in [-0.3, -0.25) is 9.59 Å². The van der Waals surface area contributed by atoms with Crippen LogP contribution in [0.3, 0.4) is 0 Å². The van der Waals surface area contributed by atoms with Crippen molar-refractivity contribution in [3.05, 3.63) is 101 Å². The molecule has 166 valence electrons. The number of rotatable bonds is 4. The van der Waals surface area contributed by atoms with Crippen LogP contribution in [0.1, 0.15) is 16.7 Å². The first-order chi connectivity index (χ1) is 16.0. The Labute approximate surface area is 189 Å². The van der Waals surface area contributed by atoms with E-state index in [2.05, 4.69) is 0 Å². The molecule has 0 spiro atoms. The van der Waals surface area contributed by atoms with Crippen LogP contribution in [0.25, 0.3) is 5.57 Å². The van der Waals surface area contributed by atoms with Crippen LogP contribution in [0.4, 0.5) is 14.5 Å². The Morgan fingerprint density at radius 3 is 2.33 bits per heavy atom. The Hall–Kier alpha value is -4.00. The average molecular weight is 446 g/mol. The van der Waals surface area contributed by atoms with Crippen LogP contribution in [-0.2, 0) is 22.6 Å². The van der Waals surface area contributed by atoms with Crippen LogP contribution in [0, 0.1) is 11.6 Å². The third-order valence-corrected chi connectivity index (χ3v) is 6.03. The van der Waals surface area contributed by atoms with E-state index in [0.717, 1.165) is 28.7 Å². The summed E-state index contributed by atoms with van der Waals surface area (Å²) in [5.74, 6) is -2.36. The number of imide groups is 1. The van der Waals surface area contributed by atoms with Crippen LogP contribution in [0.15, 0.2) is 72.4 Å². The Morgan fingerprint density at radius 2 is 1.61 bits per heavy atom. The van der Waals surface area contributed by atoms with Crippen LogP contribution in [-0.4, -0.2) is 30.4 Å². The van der Waals surface area contributed by atoms with E-state index in [0.29, 0.717) is 30.8 Å². The number of ether oxygens (including phenoxy) is 1. The standard InChI is InChI=1S/C26H20F2N2O3/c1-33-20-9-6-17(7-10-20)23-24(29-13-12-16-4-2-3-5-18(16)15-29)26(32)30(25(23)31)22-14-19(27)8-11-21(22)28/h2-11,14H,12-13,15H2,1H3. The molecule has 2 amide bonds. The van der Waals surface area contributed by atoms with Gasteiger partial charge in [0, 0.05) is 19.2 Å². The fourth-order valence-corrected chi connectivity index (χ4v) is 4.39. The number of carbonyl (C=O) groups is 2. The van der Waals surface area contributed by atoms with Crippen molar-refractivity contribution in [2.45, 2.75) is 13.0 Å². The number of nitrogens with zero attached hydrogens (tertiary/aromatic N) is 2. The van der Waals surface area contributed by atoms with Crippen LogP contribution in [0.5, 0.6) is 5.75 Å². The number of amides is 2. The maximum atomic E-state index is 14.6. The number of halogens is 2. The maximum Gasteiger partial charge on any atom is 0.282 e. The molecule has 2 heterocycles. The van der Waals surface area contributed by atoms with Gasteiger partial charge in [-0.25, -0.2) is 13.7 Å². The van der Waals surface area contributed by atoms with E-state index in [1.165, 1.54) is 12.7 Å². The van der Waals surface area contributed by atoms with Crippen molar-refractivity contribution in [1.29, 1.82) is 0 Å². The summed E-state index contributed by atoms with van der Waals surface area (Å²) in [6.45, 7) is 0.953. The lowest BCUT2D eigenvalue weighted by Crippen LogP contribution is -2.37. The molecule has 0 radical (unpaired) electrons. The van der Waals surface area contributed by atoms with E-state index in [9.17, 15) is 18.4 Å². The zero-order valence-corrected chi connectivity index (χ0v) is 17.8. The normalized spacial score (nSPS) is 15.8. The van der Waals surface area contributed by atoms with Gasteiger partial charge in [0.15, 0.2) is 0 Å². The highest BCUT2D eigenvalue weighted by molar-refractivity contribution is 6.45. The number of fused-ring (bicyclic) bond motifs is 1. The molecule has 0 saturated carbocycles. The van der Waals surface area contributed by atoms with E-state index < -0.39 is 29.1 Å². The van der Waals surface area contributed by atoms with E-state index in [1.54, 1.807) is 24.3 Å². The third-order valence-electron chi connectivity index (χ3n) is 6.03. The number of hydrogen-bond donors (Lipinski definition) is 0. The van der Waals surface area contributed by atoms with Crippen LogP contribution < -0.4 is 9.64 Å². The Bertz CT molecular complexity index is 1300. The van der Waals surface area contributed by atoms with Gasteiger partial charge >= 0.3 is 0 Å². The van der Waals surface area contributed by atoms with Gasteiger partial charge in [0.05, 0.1) is 18.4 Å². The Kier molecular flexibility index (Phi) is 5.17. The molecule has 0 fully saturated rings. The van der Waals surface area contributed by atoms with E-state index in [4.69, 9.17) is 4.74 Å². The third kappa shape index (κ3) is 3.55. The lowest BCUT2D eigenvalue weighted by Gasteiger charge is -2.31. The predicted octanol–water partition coefficient (Wildman–Crippen LogP) is 4.32. The van der Waals surface area contributed by atoms with Crippen molar-refractivity contribution in [3.8, 4) is 5.75 Å². The van der Waals surface area contributed by atoms with Gasteiger partial charge in [0.25, 0.3) is 11.8 Å². The van der Waals surface area contributed by atoms with Crippen LogP contribution >= 0.6 is 0 Å². The molecule has 2 aliphatic rings. The summed E-state index contributed by atoms with van der Waals surface area (Å²) in [6.07, 6.45) is 0.700. The largest absolute Gasteiger partial charge is 0.497 e. The highest BCUT2D eigenvalue weighted by atomic mass is 19.1. The summed E-state index contributed by atoms with van der Waals surface area (Å²) >= 11 is 0. The Balaban J connectivity index is 1.63. The minimum atomic E-state index is -0.850. The summed E-state index contributed by atoms with van der Waals surface area (Å²) in [6, 6.07) is 17.4. The lowest BCUT2D eigenvalue weighted by atomic mass is 9.98. The molecule has 2 aliphatic heterocycles. The molecule has 7 heteroatoms. The zero-order valence-electron chi connectivity index (χ0n) is 17.8. The number of methoxy groups -OCH3 is 1. The summed E-state index contributed by atoms with van der Waals surface area (Å²) in [4.78, 5) is 29.7. The summed E-state index contributed by atoms with van der Waals surface area (Å²) in [5.41, 5.74) is 2.69. The second-order valence-electron chi connectivity index (χ2n) is 7.93. The van der Waals surface area contributed by atoms with Gasteiger partial charge in [-0.05, 0) is 47.4 Å². The molecule has 3 aromatic rings. The van der Waals surface area contributed by atoms with E-state index in [1.807, 2.05) is 29.2 Å². The van der Waals surface area contributed by atoms with Gasteiger partial charge in [-0.2, -0.15) is 0 Å². The number of anilines is 1. The van der Waals surface area contributed by atoms with Crippen molar-refractivity contribution >= 4 is 23.1 Å². The van der Waals surface area contributed by atoms with Crippen molar-refractivity contribution in [2.24, 2.45) is 0 Å². The molecule has 0 aromatic heterocycles. The fraction of sp³-hybridized carbons (Fsp3) is 0.154. The first kappa shape index (κ1) is 20.9. The smallest absolute Gasteiger partial charge is 0.282 e. The summed E-state index contributed by atoms with van der Waals surface area (Å²) in [5, 5.41) is 0. The van der Waals surface area contributed by atoms with Gasteiger partial charge < -0.3 is 9.64 Å².